The van der Waals surface area contributed by atoms with E-state index in [4.69, 9.17) is 5.73 Å². The lowest BCUT2D eigenvalue weighted by Crippen LogP contribution is -2.05. The van der Waals surface area contributed by atoms with Crippen molar-refractivity contribution in [2.24, 2.45) is 5.92 Å². The van der Waals surface area contributed by atoms with Gasteiger partial charge < -0.3 is 5.73 Å². The number of nitrogens with two attached hydrogens (primary N) is 1. The van der Waals surface area contributed by atoms with Gasteiger partial charge in [-0.25, -0.2) is 4.98 Å². The molecule has 1 aromatic rings. The van der Waals surface area contributed by atoms with Crippen LogP contribution in [0.2, 0.25) is 0 Å². The number of nitrogen functional groups attached to an aromatic ring is 1. The van der Waals surface area contributed by atoms with Gasteiger partial charge in [0, 0.05) is 5.75 Å². The third-order valence-electron chi connectivity index (χ3n) is 3.16. The van der Waals surface area contributed by atoms with Crippen LogP contribution in [0.25, 0.3) is 0 Å². The number of anilines is 1. The third kappa shape index (κ3) is 2.90. The van der Waals surface area contributed by atoms with E-state index in [0.717, 1.165) is 5.75 Å². The summed E-state index contributed by atoms with van der Waals surface area (Å²) in [6, 6.07) is 0. The molecule has 0 spiro atoms. The van der Waals surface area contributed by atoms with Gasteiger partial charge in [0.05, 0.1) is 4.92 Å². The maximum atomic E-state index is 11.0. The van der Waals surface area contributed by atoms with Crippen molar-refractivity contribution in [1.29, 1.82) is 0 Å². The van der Waals surface area contributed by atoms with E-state index in [1.54, 1.807) is 6.92 Å². The van der Waals surface area contributed by atoms with E-state index in [9.17, 15) is 10.1 Å². The molecule has 1 aliphatic rings. The fourth-order valence-corrected chi connectivity index (χ4v) is 3.49. The van der Waals surface area contributed by atoms with Crippen LogP contribution in [0.5, 0.6) is 0 Å². The fraction of sp³-hybridized carbons (Fsp3) is 0.636. The highest BCUT2D eigenvalue weighted by Gasteiger charge is 2.23. The Morgan fingerprint density at radius 2 is 2.11 bits per heavy atom. The number of aryl methyl sites for hydroxylation is 1. The molecule has 2 N–H and O–H groups in total. The average Bonchev–Trinajstić information content (AvgIpc) is 2.77. The molecule has 7 heteroatoms. The predicted octanol–water partition coefficient (Wildman–Crippen LogP) is 2.56. The van der Waals surface area contributed by atoms with Crippen LogP contribution >= 0.6 is 11.8 Å². The minimum Gasteiger partial charge on any atom is -0.368 e. The monoisotopic (exact) mass is 268 g/mol. The number of nitrogens with zero attached hydrogens (tertiary/aromatic N) is 3. The fourth-order valence-electron chi connectivity index (χ4n) is 2.25. The van der Waals surface area contributed by atoms with Crippen molar-refractivity contribution in [1.82, 2.24) is 9.97 Å². The third-order valence-corrected chi connectivity index (χ3v) is 4.35. The summed E-state index contributed by atoms with van der Waals surface area (Å²) in [5.41, 5.74) is 5.88. The molecular formula is C11H16N4O2S. The second-order valence-electron chi connectivity index (χ2n) is 4.54. The van der Waals surface area contributed by atoms with Crippen molar-refractivity contribution in [2.75, 3.05) is 11.5 Å². The lowest BCUT2D eigenvalue weighted by Gasteiger charge is -2.09. The first kappa shape index (κ1) is 13.1. The summed E-state index contributed by atoms with van der Waals surface area (Å²) >= 11 is 1.43. The Balaban J connectivity index is 2.16. The van der Waals surface area contributed by atoms with Crippen LogP contribution in [0.3, 0.4) is 0 Å². The molecule has 18 heavy (non-hydrogen) atoms. The highest BCUT2D eigenvalue weighted by molar-refractivity contribution is 7.99. The first-order valence-electron chi connectivity index (χ1n) is 5.99. The molecule has 1 fully saturated rings. The minimum atomic E-state index is -0.425. The number of rotatable bonds is 4. The Labute approximate surface area is 110 Å². The molecule has 0 unspecified atom stereocenters. The number of hydrogen-bond acceptors (Lipinski definition) is 6. The van der Waals surface area contributed by atoms with Gasteiger partial charge in [0.25, 0.3) is 0 Å². The van der Waals surface area contributed by atoms with E-state index in [-0.39, 0.29) is 11.6 Å². The van der Waals surface area contributed by atoms with Crippen LogP contribution in [-0.4, -0.2) is 20.6 Å². The van der Waals surface area contributed by atoms with Crippen molar-refractivity contribution in [3.8, 4) is 0 Å². The van der Waals surface area contributed by atoms with E-state index in [1.165, 1.54) is 37.4 Å². The zero-order valence-corrected chi connectivity index (χ0v) is 11.1. The van der Waals surface area contributed by atoms with Crippen molar-refractivity contribution in [3.63, 3.8) is 0 Å². The largest absolute Gasteiger partial charge is 0.368 e. The zero-order valence-electron chi connectivity index (χ0n) is 10.3. The van der Waals surface area contributed by atoms with Gasteiger partial charge in [-0.15, -0.1) is 0 Å². The molecule has 0 amide bonds. The van der Waals surface area contributed by atoms with Gasteiger partial charge in [-0.3, -0.25) is 10.1 Å². The Morgan fingerprint density at radius 3 is 2.72 bits per heavy atom. The summed E-state index contributed by atoms with van der Waals surface area (Å²) in [5, 5.41) is 11.4. The number of thioether (sulfide) groups is 1. The molecule has 0 aromatic carbocycles. The van der Waals surface area contributed by atoms with Gasteiger partial charge in [-0.05, 0) is 25.7 Å². The van der Waals surface area contributed by atoms with E-state index in [0.29, 0.717) is 16.6 Å². The summed E-state index contributed by atoms with van der Waals surface area (Å²) in [6.07, 6.45) is 4.94. The van der Waals surface area contributed by atoms with E-state index in [1.807, 2.05) is 0 Å². The van der Waals surface area contributed by atoms with Gasteiger partial charge >= 0.3 is 5.69 Å². The molecule has 1 aliphatic carbocycles. The molecule has 98 valence electrons. The number of nitro groups is 1. The quantitative estimate of drug-likeness (QED) is 0.390. The number of aromatic nitrogens is 2. The Bertz CT molecular complexity index is 461. The second-order valence-corrected chi connectivity index (χ2v) is 5.55. The lowest BCUT2D eigenvalue weighted by molar-refractivity contribution is -0.389. The predicted molar refractivity (Wildman–Crippen MR) is 70.5 cm³/mol. The average molecular weight is 268 g/mol. The molecule has 0 aliphatic heterocycles. The molecule has 0 atom stereocenters. The maximum Gasteiger partial charge on any atom is 0.322 e. The Morgan fingerprint density at radius 1 is 1.44 bits per heavy atom. The van der Waals surface area contributed by atoms with Crippen LogP contribution in [0.15, 0.2) is 5.03 Å². The van der Waals surface area contributed by atoms with Gasteiger partial charge in [0.15, 0.2) is 5.03 Å². The molecule has 1 heterocycles. The van der Waals surface area contributed by atoms with Gasteiger partial charge in [-0.1, -0.05) is 24.6 Å². The highest BCUT2D eigenvalue weighted by atomic mass is 32.2. The van der Waals surface area contributed by atoms with Crippen LogP contribution in [-0.2, 0) is 0 Å². The summed E-state index contributed by atoms with van der Waals surface area (Å²) in [7, 11) is 0. The molecule has 1 saturated carbocycles. The molecular weight excluding hydrogens is 252 g/mol. The molecule has 0 bridgehead atoms. The number of hydrogen-bond donors (Lipinski definition) is 1. The maximum absolute atomic E-state index is 11.0. The standard InChI is InChI=1S/C11H16N4O2S/c1-7-9(15(16)17)10(14-11(12)13-7)18-6-8-4-2-3-5-8/h8H,2-6H2,1H3,(H2,12,13,14). The van der Waals surface area contributed by atoms with Gasteiger partial charge in [-0.2, -0.15) is 4.98 Å². The Kier molecular flexibility index (Phi) is 4.00. The SMILES string of the molecule is Cc1nc(N)nc(SCC2CCCC2)c1[N+](=O)[O-]. The van der Waals surface area contributed by atoms with E-state index < -0.39 is 4.92 Å². The molecule has 2 rings (SSSR count). The van der Waals surface area contributed by atoms with Crippen LogP contribution in [0.4, 0.5) is 11.6 Å². The van der Waals surface area contributed by atoms with Crippen molar-refractivity contribution < 1.29 is 4.92 Å². The molecule has 1 aromatic heterocycles. The van der Waals surface area contributed by atoms with E-state index >= 15 is 0 Å². The van der Waals surface area contributed by atoms with Gasteiger partial charge in [0.1, 0.15) is 5.69 Å². The van der Waals surface area contributed by atoms with Crippen LogP contribution in [0.1, 0.15) is 31.4 Å². The van der Waals surface area contributed by atoms with Crippen molar-refractivity contribution in [3.05, 3.63) is 15.8 Å². The molecule has 0 saturated heterocycles. The summed E-state index contributed by atoms with van der Waals surface area (Å²) in [4.78, 5) is 18.4. The minimum absolute atomic E-state index is 0.00723. The smallest absolute Gasteiger partial charge is 0.322 e. The Hall–Kier alpha value is -1.37. The first-order valence-corrected chi connectivity index (χ1v) is 6.98. The molecule has 0 radical (unpaired) electrons. The normalized spacial score (nSPS) is 16.1. The summed E-state index contributed by atoms with van der Waals surface area (Å²) in [5.74, 6) is 1.62. The van der Waals surface area contributed by atoms with Crippen molar-refractivity contribution >= 4 is 23.4 Å². The molecule has 6 nitrogen and oxygen atoms in total. The summed E-state index contributed by atoms with van der Waals surface area (Å²) < 4.78 is 0. The summed E-state index contributed by atoms with van der Waals surface area (Å²) in [6.45, 7) is 1.59. The van der Waals surface area contributed by atoms with E-state index in [2.05, 4.69) is 9.97 Å². The van der Waals surface area contributed by atoms with Crippen LogP contribution < -0.4 is 5.73 Å². The highest BCUT2D eigenvalue weighted by Crippen LogP contribution is 2.35. The second kappa shape index (κ2) is 5.51. The van der Waals surface area contributed by atoms with Gasteiger partial charge in [0.2, 0.25) is 5.95 Å². The first-order chi connectivity index (χ1) is 8.58. The van der Waals surface area contributed by atoms with Crippen LogP contribution in [0, 0.1) is 23.0 Å². The topological polar surface area (TPSA) is 94.9 Å². The zero-order chi connectivity index (χ0) is 13.1. The van der Waals surface area contributed by atoms with Crippen molar-refractivity contribution in [2.45, 2.75) is 37.6 Å². The lowest BCUT2D eigenvalue weighted by atomic mass is 10.1.